The molecule has 176 valence electrons. The van der Waals surface area contributed by atoms with Gasteiger partial charge in [0, 0.05) is 17.1 Å². The van der Waals surface area contributed by atoms with Crippen molar-refractivity contribution in [2.75, 3.05) is 19.8 Å². The monoisotopic (exact) mass is 543 g/mol. The Labute approximate surface area is 206 Å². The highest BCUT2D eigenvalue weighted by Crippen LogP contribution is 2.33. The summed E-state index contributed by atoms with van der Waals surface area (Å²) in [7, 11) is -4.03. The van der Waals surface area contributed by atoms with E-state index >= 15 is 0 Å². The van der Waals surface area contributed by atoms with Crippen molar-refractivity contribution in [3.8, 4) is 11.5 Å². The smallest absolute Gasteiger partial charge is 0.255 e. The summed E-state index contributed by atoms with van der Waals surface area (Å²) in [5, 5.41) is 3.95. The summed E-state index contributed by atoms with van der Waals surface area (Å²) in [6.45, 7) is 0.338. The number of ether oxygens (including phenoxy) is 2. The standard InChI is InChI=1S/C24H22BrN3O5S/c25-20-8-4-7-19(13-20)15-26-27-24(29)17-28(16-18-5-2-1-3-6-18)34(30,31)21-9-10-22-23(14-21)33-12-11-32-22/h1-10,13-15H,11-12,16-17H2,(H,27,29)/b26-15+. The second-order valence-electron chi connectivity index (χ2n) is 7.41. The normalized spacial score (nSPS) is 13.2. The number of halogens is 1. The summed E-state index contributed by atoms with van der Waals surface area (Å²) in [5.41, 5.74) is 3.93. The van der Waals surface area contributed by atoms with Crippen molar-refractivity contribution < 1.29 is 22.7 Å². The van der Waals surface area contributed by atoms with Crippen LogP contribution in [0.25, 0.3) is 0 Å². The van der Waals surface area contributed by atoms with Crippen molar-refractivity contribution in [2.24, 2.45) is 5.10 Å². The molecule has 0 aromatic heterocycles. The summed E-state index contributed by atoms with van der Waals surface area (Å²) in [6.07, 6.45) is 1.49. The van der Waals surface area contributed by atoms with E-state index in [1.165, 1.54) is 18.3 Å². The molecule has 8 nitrogen and oxygen atoms in total. The minimum Gasteiger partial charge on any atom is -0.486 e. The summed E-state index contributed by atoms with van der Waals surface area (Å²) >= 11 is 3.37. The number of hydrogen-bond donors (Lipinski definition) is 1. The molecule has 0 bridgehead atoms. The zero-order valence-corrected chi connectivity index (χ0v) is 20.5. The highest BCUT2D eigenvalue weighted by atomic mass is 79.9. The zero-order valence-electron chi connectivity index (χ0n) is 18.1. The van der Waals surface area contributed by atoms with Gasteiger partial charge in [-0.05, 0) is 35.4 Å². The molecule has 1 N–H and O–H groups in total. The van der Waals surface area contributed by atoms with Gasteiger partial charge in [0.2, 0.25) is 10.0 Å². The molecule has 0 fully saturated rings. The minimum atomic E-state index is -4.03. The maximum Gasteiger partial charge on any atom is 0.255 e. The molecule has 0 saturated carbocycles. The molecule has 34 heavy (non-hydrogen) atoms. The van der Waals surface area contributed by atoms with Gasteiger partial charge in [-0.2, -0.15) is 9.41 Å². The average Bonchev–Trinajstić information content (AvgIpc) is 2.84. The quantitative estimate of drug-likeness (QED) is 0.346. The maximum absolute atomic E-state index is 13.5. The molecule has 1 aliphatic heterocycles. The Balaban J connectivity index is 1.54. The van der Waals surface area contributed by atoms with Crippen LogP contribution in [0.3, 0.4) is 0 Å². The fraction of sp³-hybridized carbons (Fsp3) is 0.167. The number of hydrazone groups is 1. The van der Waals surface area contributed by atoms with Gasteiger partial charge in [0.1, 0.15) is 13.2 Å². The van der Waals surface area contributed by atoms with Gasteiger partial charge in [-0.15, -0.1) is 0 Å². The van der Waals surface area contributed by atoms with Crippen molar-refractivity contribution in [3.63, 3.8) is 0 Å². The first kappa shape index (κ1) is 23.9. The third kappa shape index (κ3) is 6.02. The van der Waals surface area contributed by atoms with Crippen LogP contribution in [0.1, 0.15) is 11.1 Å². The third-order valence-electron chi connectivity index (χ3n) is 4.92. The molecule has 0 atom stereocenters. The molecule has 4 rings (SSSR count). The number of carbonyl (C=O) groups is 1. The molecule has 3 aromatic rings. The van der Waals surface area contributed by atoms with E-state index in [1.54, 1.807) is 18.2 Å². The maximum atomic E-state index is 13.5. The molecule has 1 heterocycles. The van der Waals surface area contributed by atoms with Gasteiger partial charge < -0.3 is 9.47 Å². The van der Waals surface area contributed by atoms with Crippen LogP contribution in [0.4, 0.5) is 0 Å². The van der Waals surface area contributed by atoms with Crippen LogP contribution < -0.4 is 14.9 Å². The van der Waals surface area contributed by atoms with Crippen molar-refractivity contribution in [1.29, 1.82) is 0 Å². The van der Waals surface area contributed by atoms with Crippen LogP contribution >= 0.6 is 15.9 Å². The zero-order chi connectivity index (χ0) is 24.0. The Bertz CT molecular complexity index is 1300. The van der Waals surface area contributed by atoms with E-state index in [0.29, 0.717) is 24.7 Å². The molecule has 0 aliphatic carbocycles. The van der Waals surface area contributed by atoms with Crippen LogP contribution in [0.5, 0.6) is 11.5 Å². The first-order valence-corrected chi connectivity index (χ1v) is 12.7. The predicted molar refractivity (Wildman–Crippen MR) is 131 cm³/mol. The van der Waals surface area contributed by atoms with E-state index < -0.39 is 22.5 Å². The number of fused-ring (bicyclic) bond motifs is 1. The topological polar surface area (TPSA) is 97.3 Å². The Morgan fingerprint density at radius 1 is 1.00 bits per heavy atom. The molecule has 10 heteroatoms. The van der Waals surface area contributed by atoms with Gasteiger partial charge in [-0.25, -0.2) is 13.8 Å². The molecule has 0 unspecified atom stereocenters. The Morgan fingerprint density at radius 2 is 1.76 bits per heavy atom. The molecule has 3 aromatic carbocycles. The average molecular weight is 544 g/mol. The van der Waals surface area contributed by atoms with E-state index in [0.717, 1.165) is 19.9 Å². The van der Waals surface area contributed by atoms with E-state index in [2.05, 4.69) is 26.5 Å². The molecular formula is C24H22BrN3O5S. The van der Waals surface area contributed by atoms with Crippen molar-refractivity contribution in [2.45, 2.75) is 11.4 Å². The number of nitrogens with one attached hydrogen (secondary N) is 1. The number of amides is 1. The fourth-order valence-electron chi connectivity index (χ4n) is 3.31. The largest absolute Gasteiger partial charge is 0.486 e. The second-order valence-corrected chi connectivity index (χ2v) is 10.3. The molecule has 0 spiro atoms. The highest BCUT2D eigenvalue weighted by Gasteiger charge is 2.28. The lowest BCUT2D eigenvalue weighted by atomic mass is 10.2. The number of carbonyl (C=O) groups excluding carboxylic acids is 1. The van der Waals surface area contributed by atoms with E-state index in [4.69, 9.17) is 9.47 Å². The minimum absolute atomic E-state index is 0.0121. The Hall–Kier alpha value is -3.21. The Kier molecular flexibility index (Phi) is 7.61. The first-order valence-electron chi connectivity index (χ1n) is 10.4. The number of rotatable bonds is 8. The summed E-state index contributed by atoms with van der Waals surface area (Å²) in [4.78, 5) is 12.6. The van der Waals surface area contributed by atoms with Gasteiger partial charge in [-0.3, -0.25) is 4.79 Å². The SMILES string of the molecule is O=C(CN(Cc1ccccc1)S(=O)(=O)c1ccc2c(c1)OCCO2)N/N=C/c1cccc(Br)c1. The van der Waals surface area contributed by atoms with Crippen LogP contribution in [0.2, 0.25) is 0 Å². The first-order chi connectivity index (χ1) is 16.4. The molecule has 1 amide bonds. The fourth-order valence-corrected chi connectivity index (χ4v) is 5.12. The number of hydrogen-bond acceptors (Lipinski definition) is 6. The summed E-state index contributed by atoms with van der Waals surface area (Å²) < 4.78 is 40.0. The summed E-state index contributed by atoms with van der Waals surface area (Å²) in [6, 6.07) is 20.9. The van der Waals surface area contributed by atoms with Crippen molar-refractivity contribution in [1.82, 2.24) is 9.73 Å². The van der Waals surface area contributed by atoms with E-state index in [-0.39, 0.29) is 11.4 Å². The van der Waals surface area contributed by atoms with Crippen LogP contribution in [0, 0.1) is 0 Å². The molecule has 1 aliphatic rings. The molecule has 0 radical (unpaired) electrons. The second kappa shape index (κ2) is 10.8. The molecule has 0 saturated heterocycles. The predicted octanol–water partition coefficient (Wildman–Crippen LogP) is 3.56. The van der Waals surface area contributed by atoms with Crippen molar-refractivity contribution in [3.05, 3.63) is 88.4 Å². The lowest BCUT2D eigenvalue weighted by Gasteiger charge is -2.23. The number of sulfonamides is 1. The van der Waals surface area contributed by atoms with Gasteiger partial charge in [-0.1, -0.05) is 58.4 Å². The third-order valence-corrected chi connectivity index (χ3v) is 7.21. The van der Waals surface area contributed by atoms with Gasteiger partial charge in [0.25, 0.3) is 5.91 Å². The van der Waals surface area contributed by atoms with Gasteiger partial charge in [0.15, 0.2) is 11.5 Å². The van der Waals surface area contributed by atoms with Crippen LogP contribution in [0.15, 0.2) is 87.3 Å². The number of benzene rings is 3. The van der Waals surface area contributed by atoms with E-state index in [9.17, 15) is 13.2 Å². The van der Waals surface area contributed by atoms with Crippen LogP contribution in [-0.4, -0.2) is 44.6 Å². The highest BCUT2D eigenvalue weighted by molar-refractivity contribution is 9.10. The Morgan fingerprint density at radius 3 is 2.53 bits per heavy atom. The van der Waals surface area contributed by atoms with Crippen molar-refractivity contribution >= 4 is 38.1 Å². The summed E-state index contributed by atoms with van der Waals surface area (Å²) in [5.74, 6) is 0.276. The van der Waals surface area contributed by atoms with Gasteiger partial charge >= 0.3 is 0 Å². The molecular weight excluding hydrogens is 522 g/mol. The lowest BCUT2D eigenvalue weighted by molar-refractivity contribution is -0.121. The van der Waals surface area contributed by atoms with Gasteiger partial charge in [0.05, 0.1) is 17.7 Å². The van der Waals surface area contributed by atoms with E-state index in [1.807, 2.05) is 42.5 Å². The van der Waals surface area contributed by atoms with Crippen LogP contribution in [-0.2, 0) is 21.4 Å². The lowest BCUT2D eigenvalue weighted by Crippen LogP contribution is -2.39. The number of nitrogens with zero attached hydrogens (tertiary/aromatic N) is 2.